The molecule has 1 atom stereocenters. The van der Waals surface area contributed by atoms with Gasteiger partial charge >= 0.3 is 6.09 Å². The largest absolute Gasteiger partial charge is 0.444 e. The third-order valence-electron chi connectivity index (χ3n) is 4.73. The number of nitrogens with one attached hydrogen (secondary N) is 1. The monoisotopic (exact) mass is 421 g/mol. The van der Waals surface area contributed by atoms with Gasteiger partial charge in [-0.05, 0) is 52.7 Å². The van der Waals surface area contributed by atoms with Crippen LogP contribution in [0.25, 0.3) is 10.9 Å². The molecule has 1 aromatic heterocycles. The first-order chi connectivity index (χ1) is 13.6. The minimum absolute atomic E-state index is 0.0208. The van der Waals surface area contributed by atoms with Gasteiger partial charge in [0.25, 0.3) is 5.56 Å². The van der Waals surface area contributed by atoms with Crippen LogP contribution in [0.15, 0.2) is 23.0 Å². The highest BCUT2D eigenvalue weighted by Gasteiger charge is 2.27. The van der Waals surface area contributed by atoms with E-state index in [0.717, 1.165) is 0 Å². The van der Waals surface area contributed by atoms with E-state index < -0.39 is 17.7 Å². The third-order valence-corrected chi connectivity index (χ3v) is 5.05. The summed E-state index contributed by atoms with van der Waals surface area (Å²) in [6.07, 6.45) is 0.915. The van der Waals surface area contributed by atoms with Gasteiger partial charge in [-0.1, -0.05) is 17.7 Å². The summed E-state index contributed by atoms with van der Waals surface area (Å²) in [5, 5.41) is 5.57. The first-order valence-electron chi connectivity index (χ1n) is 9.78. The molecule has 0 aliphatic carbocycles. The second-order valence-corrected chi connectivity index (χ2v) is 8.79. The van der Waals surface area contributed by atoms with Crippen molar-refractivity contribution in [1.29, 1.82) is 0 Å². The molecule has 1 amide bonds. The smallest absolute Gasteiger partial charge is 0.407 e. The van der Waals surface area contributed by atoms with Crippen LogP contribution < -0.4 is 21.6 Å². The number of aromatic nitrogens is 2. The number of carbonyl (C=O) groups excluding carboxylic acids is 1. The Balaban J connectivity index is 1.82. The predicted molar refractivity (Wildman–Crippen MR) is 114 cm³/mol. The SMILES string of the molecule is C[C@H](N)c1nc2cccc(Cl)c2c(=O)n1N1CCC(NC(=O)OC(C)(C)C)CC1. The first kappa shape index (κ1) is 21.4. The van der Waals surface area contributed by atoms with E-state index in [0.29, 0.717) is 47.7 Å². The molecule has 1 aliphatic rings. The zero-order valence-electron chi connectivity index (χ0n) is 17.2. The number of fused-ring (bicyclic) bond motifs is 1. The average molecular weight is 422 g/mol. The Morgan fingerprint density at radius 2 is 2.00 bits per heavy atom. The summed E-state index contributed by atoms with van der Waals surface area (Å²) in [7, 11) is 0. The number of halogens is 1. The number of benzene rings is 1. The van der Waals surface area contributed by atoms with Crippen molar-refractivity contribution in [2.45, 2.75) is 58.2 Å². The quantitative estimate of drug-likeness (QED) is 0.789. The second kappa shape index (κ2) is 8.20. The molecule has 158 valence electrons. The van der Waals surface area contributed by atoms with Crippen LogP contribution in [0.5, 0.6) is 0 Å². The van der Waals surface area contributed by atoms with E-state index in [1.54, 1.807) is 29.8 Å². The fourth-order valence-corrected chi connectivity index (χ4v) is 3.70. The van der Waals surface area contributed by atoms with Crippen molar-refractivity contribution in [1.82, 2.24) is 15.0 Å². The van der Waals surface area contributed by atoms with Gasteiger partial charge in [0.1, 0.15) is 11.4 Å². The molecule has 1 saturated heterocycles. The van der Waals surface area contributed by atoms with E-state index >= 15 is 0 Å². The number of rotatable bonds is 3. The molecule has 8 nitrogen and oxygen atoms in total. The number of hydrogen-bond donors (Lipinski definition) is 2. The highest BCUT2D eigenvalue weighted by Crippen LogP contribution is 2.21. The fraction of sp³-hybridized carbons (Fsp3) is 0.550. The Bertz CT molecular complexity index is 959. The summed E-state index contributed by atoms with van der Waals surface area (Å²) < 4.78 is 6.87. The Morgan fingerprint density at radius 3 is 2.59 bits per heavy atom. The van der Waals surface area contributed by atoms with Gasteiger partial charge in [0.15, 0.2) is 0 Å². The van der Waals surface area contributed by atoms with E-state index in [1.807, 2.05) is 25.8 Å². The van der Waals surface area contributed by atoms with Crippen molar-refractivity contribution in [3.8, 4) is 0 Å². The van der Waals surface area contributed by atoms with E-state index in [-0.39, 0.29) is 11.6 Å². The molecule has 2 aromatic rings. The van der Waals surface area contributed by atoms with E-state index in [1.165, 1.54) is 0 Å². The zero-order valence-corrected chi connectivity index (χ0v) is 18.0. The van der Waals surface area contributed by atoms with Crippen molar-refractivity contribution >= 4 is 28.6 Å². The molecule has 29 heavy (non-hydrogen) atoms. The van der Waals surface area contributed by atoms with Crippen molar-refractivity contribution in [3.05, 3.63) is 39.4 Å². The van der Waals surface area contributed by atoms with Gasteiger partial charge in [-0.25, -0.2) is 14.5 Å². The lowest BCUT2D eigenvalue weighted by atomic mass is 10.1. The lowest BCUT2D eigenvalue weighted by Gasteiger charge is -2.36. The number of nitrogens with two attached hydrogens (primary N) is 1. The molecule has 1 aromatic carbocycles. The summed E-state index contributed by atoms with van der Waals surface area (Å²) >= 11 is 6.27. The summed E-state index contributed by atoms with van der Waals surface area (Å²) in [6.45, 7) is 8.42. The van der Waals surface area contributed by atoms with Gasteiger partial charge in [-0.2, -0.15) is 0 Å². The summed E-state index contributed by atoms with van der Waals surface area (Å²) in [4.78, 5) is 29.9. The van der Waals surface area contributed by atoms with Crippen molar-refractivity contribution in [2.75, 3.05) is 18.1 Å². The summed E-state index contributed by atoms with van der Waals surface area (Å²) in [5.74, 6) is 0.489. The maximum absolute atomic E-state index is 13.2. The minimum atomic E-state index is -0.541. The number of piperidine rings is 1. The molecule has 9 heteroatoms. The van der Waals surface area contributed by atoms with Crippen molar-refractivity contribution in [2.24, 2.45) is 5.73 Å². The lowest BCUT2D eigenvalue weighted by Crippen LogP contribution is -2.53. The van der Waals surface area contributed by atoms with Crippen LogP contribution in [0.2, 0.25) is 5.02 Å². The van der Waals surface area contributed by atoms with Gasteiger partial charge < -0.3 is 20.8 Å². The number of alkyl carbamates (subject to hydrolysis) is 1. The van der Waals surface area contributed by atoms with Crippen LogP contribution in [0.3, 0.4) is 0 Å². The Labute approximate surface area is 174 Å². The number of nitrogens with zero attached hydrogens (tertiary/aromatic N) is 3. The molecule has 2 heterocycles. The zero-order chi connectivity index (χ0) is 21.3. The van der Waals surface area contributed by atoms with Crippen LogP contribution in [-0.4, -0.2) is 40.5 Å². The second-order valence-electron chi connectivity index (χ2n) is 8.38. The average Bonchev–Trinajstić information content (AvgIpc) is 2.60. The van der Waals surface area contributed by atoms with E-state index in [4.69, 9.17) is 22.1 Å². The molecule has 0 bridgehead atoms. The van der Waals surface area contributed by atoms with Crippen LogP contribution in [0.1, 0.15) is 52.4 Å². The molecule has 0 radical (unpaired) electrons. The fourth-order valence-electron chi connectivity index (χ4n) is 3.45. The third kappa shape index (κ3) is 4.82. The number of hydrogen-bond acceptors (Lipinski definition) is 6. The Kier molecular flexibility index (Phi) is 6.05. The molecule has 1 fully saturated rings. The van der Waals surface area contributed by atoms with Gasteiger partial charge in [0, 0.05) is 19.1 Å². The standard InChI is InChI=1S/C20H28ClN5O3/c1-12(22)17-24-15-7-5-6-14(21)16(15)18(27)26(17)25-10-8-13(9-11-25)23-19(28)29-20(2,3)4/h5-7,12-13H,8-11,22H2,1-4H3,(H,23,28)/t12-/m0/s1. The predicted octanol–water partition coefficient (Wildman–Crippen LogP) is 2.69. The van der Waals surface area contributed by atoms with Gasteiger partial charge in [0.2, 0.25) is 0 Å². The van der Waals surface area contributed by atoms with Gasteiger partial charge in [0.05, 0.1) is 22.0 Å². The summed E-state index contributed by atoms with van der Waals surface area (Å²) in [5.41, 5.74) is 5.88. The lowest BCUT2D eigenvalue weighted by molar-refractivity contribution is 0.0495. The normalized spacial score (nSPS) is 16.7. The number of carbonyl (C=O) groups is 1. The molecular weight excluding hydrogens is 394 g/mol. The van der Waals surface area contributed by atoms with Gasteiger partial charge in [-0.15, -0.1) is 0 Å². The van der Waals surface area contributed by atoms with Gasteiger partial charge in [-0.3, -0.25) is 4.79 Å². The van der Waals surface area contributed by atoms with E-state index in [9.17, 15) is 9.59 Å². The van der Waals surface area contributed by atoms with Crippen LogP contribution in [0.4, 0.5) is 4.79 Å². The minimum Gasteiger partial charge on any atom is -0.444 e. The number of ether oxygens (including phenoxy) is 1. The van der Waals surface area contributed by atoms with Crippen molar-refractivity contribution < 1.29 is 9.53 Å². The maximum atomic E-state index is 13.2. The maximum Gasteiger partial charge on any atom is 0.407 e. The molecule has 0 saturated carbocycles. The topological polar surface area (TPSA) is 102 Å². The molecule has 3 N–H and O–H groups in total. The molecule has 1 aliphatic heterocycles. The molecule has 0 spiro atoms. The first-order valence-corrected chi connectivity index (χ1v) is 10.2. The Morgan fingerprint density at radius 1 is 1.34 bits per heavy atom. The summed E-state index contributed by atoms with van der Waals surface area (Å²) in [6, 6.07) is 4.76. The highest BCUT2D eigenvalue weighted by molar-refractivity contribution is 6.35. The number of amides is 1. The van der Waals surface area contributed by atoms with Crippen LogP contribution in [-0.2, 0) is 4.74 Å². The van der Waals surface area contributed by atoms with Crippen molar-refractivity contribution in [3.63, 3.8) is 0 Å². The van der Waals surface area contributed by atoms with E-state index in [2.05, 4.69) is 10.3 Å². The van der Waals surface area contributed by atoms with Crippen LogP contribution >= 0.6 is 11.6 Å². The highest BCUT2D eigenvalue weighted by atomic mass is 35.5. The molecule has 3 rings (SSSR count). The Hall–Kier alpha value is -2.32. The molecule has 0 unspecified atom stereocenters. The van der Waals surface area contributed by atoms with Crippen LogP contribution in [0, 0.1) is 0 Å². The molecular formula is C20H28ClN5O3.